The maximum Gasteiger partial charge on any atom is 0.397 e. The SMILES string of the molecule is C=C(C)COP(OCC1CO1)Oc1ccccc1. The lowest BCUT2D eigenvalue weighted by Gasteiger charge is -2.16. The van der Waals surface area contributed by atoms with Crippen LogP contribution >= 0.6 is 8.60 Å². The summed E-state index contributed by atoms with van der Waals surface area (Å²) in [4.78, 5) is 0. The lowest BCUT2D eigenvalue weighted by molar-refractivity contribution is 0.198. The summed E-state index contributed by atoms with van der Waals surface area (Å²) in [5.41, 5.74) is 0.936. The Morgan fingerprint density at radius 1 is 1.39 bits per heavy atom. The molecule has 0 aromatic heterocycles. The zero-order valence-corrected chi connectivity index (χ0v) is 11.3. The summed E-state index contributed by atoms with van der Waals surface area (Å²) in [5.74, 6) is 0.738. The van der Waals surface area contributed by atoms with Gasteiger partial charge in [-0.1, -0.05) is 30.4 Å². The molecule has 5 heteroatoms. The highest BCUT2D eigenvalue weighted by Gasteiger charge is 2.26. The van der Waals surface area contributed by atoms with E-state index in [1.54, 1.807) is 0 Å². The number of hydrogen-bond donors (Lipinski definition) is 0. The first-order valence-corrected chi connectivity index (χ1v) is 6.88. The second-order valence-corrected chi connectivity index (χ2v) is 5.26. The minimum atomic E-state index is -1.40. The highest BCUT2D eigenvalue weighted by atomic mass is 31.2. The summed E-state index contributed by atoms with van der Waals surface area (Å²) in [6.07, 6.45) is 0.197. The van der Waals surface area contributed by atoms with E-state index in [2.05, 4.69) is 6.58 Å². The first-order valence-electron chi connectivity index (χ1n) is 5.79. The van der Waals surface area contributed by atoms with Gasteiger partial charge in [0.1, 0.15) is 11.9 Å². The van der Waals surface area contributed by atoms with Crippen molar-refractivity contribution >= 4 is 8.60 Å². The third kappa shape index (κ3) is 5.15. The Kier molecular flexibility index (Phi) is 5.14. The van der Waals surface area contributed by atoms with Crippen molar-refractivity contribution in [1.82, 2.24) is 0 Å². The summed E-state index contributed by atoms with van der Waals surface area (Å²) in [7, 11) is -1.40. The largest absolute Gasteiger partial charge is 0.427 e. The average Bonchev–Trinajstić information content (AvgIpc) is 3.18. The molecule has 0 amide bonds. The van der Waals surface area contributed by atoms with Crippen LogP contribution < -0.4 is 4.52 Å². The summed E-state index contributed by atoms with van der Waals surface area (Å²) < 4.78 is 21.9. The quantitative estimate of drug-likeness (QED) is 0.412. The van der Waals surface area contributed by atoms with Crippen LogP contribution in [0.1, 0.15) is 6.92 Å². The lowest BCUT2D eigenvalue weighted by Crippen LogP contribution is -2.04. The monoisotopic (exact) mass is 268 g/mol. The molecule has 1 saturated heterocycles. The van der Waals surface area contributed by atoms with Gasteiger partial charge in [0, 0.05) is 0 Å². The van der Waals surface area contributed by atoms with Crippen molar-refractivity contribution in [3.8, 4) is 5.75 Å². The fourth-order valence-corrected chi connectivity index (χ4v) is 2.22. The van der Waals surface area contributed by atoms with Gasteiger partial charge >= 0.3 is 8.60 Å². The molecule has 2 atom stereocenters. The van der Waals surface area contributed by atoms with E-state index in [1.807, 2.05) is 37.3 Å². The van der Waals surface area contributed by atoms with Gasteiger partial charge in [-0.15, -0.1) is 0 Å². The van der Waals surface area contributed by atoms with E-state index >= 15 is 0 Å². The van der Waals surface area contributed by atoms with Gasteiger partial charge in [0.15, 0.2) is 0 Å². The van der Waals surface area contributed by atoms with Crippen LogP contribution in [0.3, 0.4) is 0 Å². The molecule has 98 valence electrons. The van der Waals surface area contributed by atoms with Crippen molar-refractivity contribution in [1.29, 1.82) is 0 Å². The van der Waals surface area contributed by atoms with Crippen molar-refractivity contribution in [2.75, 3.05) is 19.8 Å². The van der Waals surface area contributed by atoms with Gasteiger partial charge < -0.3 is 9.26 Å². The highest BCUT2D eigenvalue weighted by Crippen LogP contribution is 2.41. The Balaban J connectivity index is 1.83. The van der Waals surface area contributed by atoms with Crippen LogP contribution in [0.5, 0.6) is 5.75 Å². The Morgan fingerprint density at radius 2 is 2.11 bits per heavy atom. The molecule has 2 rings (SSSR count). The van der Waals surface area contributed by atoms with Crippen LogP contribution in [0, 0.1) is 0 Å². The van der Waals surface area contributed by atoms with E-state index < -0.39 is 8.60 Å². The standard InChI is InChI=1S/C13H17O4P/c1-11(2)8-15-18(16-10-13-9-14-13)17-12-6-4-3-5-7-12/h3-7,13H,1,8-10H2,2H3. The molecule has 1 aliphatic rings. The Hall–Kier alpha value is -0.930. The predicted molar refractivity (Wildman–Crippen MR) is 70.4 cm³/mol. The zero-order chi connectivity index (χ0) is 12.8. The molecule has 1 fully saturated rings. The van der Waals surface area contributed by atoms with Crippen LogP contribution in [0.15, 0.2) is 42.5 Å². The molecule has 0 N–H and O–H groups in total. The number of para-hydroxylation sites is 1. The zero-order valence-electron chi connectivity index (χ0n) is 10.4. The minimum Gasteiger partial charge on any atom is -0.427 e. The smallest absolute Gasteiger partial charge is 0.397 e. The number of epoxide rings is 1. The lowest BCUT2D eigenvalue weighted by atomic mass is 10.3. The van der Waals surface area contributed by atoms with Crippen molar-refractivity contribution in [3.63, 3.8) is 0 Å². The van der Waals surface area contributed by atoms with Gasteiger partial charge in [-0.05, 0) is 19.1 Å². The van der Waals surface area contributed by atoms with Gasteiger partial charge in [0.05, 0.1) is 19.8 Å². The Morgan fingerprint density at radius 3 is 2.72 bits per heavy atom. The molecule has 2 unspecified atom stereocenters. The maximum atomic E-state index is 5.67. The molecule has 0 saturated carbocycles. The Labute approximate surface area is 109 Å². The van der Waals surface area contributed by atoms with E-state index in [0.29, 0.717) is 13.2 Å². The summed E-state index contributed by atoms with van der Waals surface area (Å²) in [6.45, 7) is 7.40. The van der Waals surface area contributed by atoms with E-state index in [-0.39, 0.29) is 6.10 Å². The van der Waals surface area contributed by atoms with Crippen molar-refractivity contribution in [2.24, 2.45) is 0 Å². The number of benzene rings is 1. The highest BCUT2D eigenvalue weighted by molar-refractivity contribution is 7.42. The van der Waals surface area contributed by atoms with Crippen molar-refractivity contribution in [3.05, 3.63) is 42.5 Å². The first-order chi connectivity index (χ1) is 8.74. The van der Waals surface area contributed by atoms with Crippen molar-refractivity contribution in [2.45, 2.75) is 13.0 Å². The van der Waals surface area contributed by atoms with Gasteiger partial charge in [-0.25, -0.2) is 0 Å². The molecule has 0 spiro atoms. The topological polar surface area (TPSA) is 40.2 Å². The number of rotatable bonds is 8. The van der Waals surface area contributed by atoms with Crippen LogP contribution in [0.4, 0.5) is 0 Å². The molecule has 0 radical (unpaired) electrons. The van der Waals surface area contributed by atoms with Crippen LogP contribution in [-0.4, -0.2) is 25.9 Å². The van der Waals surface area contributed by atoms with Crippen LogP contribution in [0.25, 0.3) is 0 Å². The molecule has 0 bridgehead atoms. The fourth-order valence-electron chi connectivity index (χ4n) is 1.13. The second-order valence-electron chi connectivity index (χ2n) is 4.11. The molecular weight excluding hydrogens is 251 g/mol. The number of ether oxygens (including phenoxy) is 1. The maximum absolute atomic E-state index is 5.67. The van der Waals surface area contributed by atoms with E-state index in [1.165, 1.54) is 0 Å². The minimum absolute atomic E-state index is 0.197. The van der Waals surface area contributed by atoms with Gasteiger partial charge in [0.25, 0.3) is 0 Å². The fraction of sp³-hybridized carbons (Fsp3) is 0.385. The third-order valence-corrected chi connectivity index (χ3v) is 3.17. The average molecular weight is 268 g/mol. The Bertz CT molecular complexity index is 378. The molecule has 0 aliphatic carbocycles. The molecule has 18 heavy (non-hydrogen) atoms. The third-order valence-electron chi connectivity index (χ3n) is 2.11. The first kappa shape index (κ1) is 13.5. The number of hydrogen-bond acceptors (Lipinski definition) is 4. The molecule has 1 aromatic rings. The van der Waals surface area contributed by atoms with Gasteiger partial charge in [-0.3, -0.25) is 9.05 Å². The normalized spacial score (nSPS) is 19.3. The molecule has 1 aromatic carbocycles. The second kappa shape index (κ2) is 6.86. The molecule has 1 aliphatic heterocycles. The van der Waals surface area contributed by atoms with Gasteiger partial charge in [0.2, 0.25) is 0 Å². The molecular formula is C13H17O4P. The summed E-state index contributed by atoms with van der Waals surface area (Å²) in [6, 6.07) is 9.49. The van der Waals surface area contributed by atoms with E-state index in [4.69, 9.17) is 18.3 Å². The molecule has 4 nitrogen and oxygen atoms in total. The predicted octanol–water partition coefficient (Wildman–Crippen LogP) is 3.30. The van der Waals surface area contributed by atoms with Crippen molar-refractivity contribution < 1.29 is 18.3 Å². The summed E-state index contributed by atoms with van der Waals surface area (Å²) >= 11 is 0. The van der Waals surface area contributed by atoms with Crippen LogP contribution in [-0.2, 0) is 13.8 Å². The van der Waals surface area contributed by atoms with Gasteiger partial charge in [-0.2, -0.15) is 0 Å². The van der Waals surface area contributed by atoms with E-state index in [0.717, 1.165) is 17.9 Å². The van der Waals surface area contributed by atoms with E-state index in [9.17, 15) is 0 Å². The summed E-state index contributed by atoms with van der Waals surface area (Å²) in [5, 5.41) is 0. The van der Waals surface area contributed by atoms with Crippen LogP contribution in [0.2, 0.25) is 0 Å². The molecule has 1 heterocycles.